The average molecular weight is 275 g/mol. The van der Waals surface area contributed by atoms with Crippen LogP contribution in [0, 0.1) is 23.6 Å². The molecule has 108 valence electrons. The molecule has 20 heavy (non-hydrogen) atoms. The third kappa shape index (κ3) is 4.06. The van der Waals surface area contributed by atoms with Gasteiger partial charge in [-0.05, 0) is 36.6 Å². The van der Waals surface area contributed by atoms with Gasteiger partial charge in [-0.2, -0.15) is 0 Å². The van der Waals surface area contributed by atoms with Gasteiger partial charge in [-0.1, -0.05) is 31.3 Å². The van der Waals surface area contributed by atoms with Crippen LogP contribution in [-0.2, 0) is 6.54 Å². The van der Waals surface area contributed by atoms with E-state index in [9.17, 15) is 4.39 Å². The van der Waals surface area contributed by atoms with Gasteiger partial charge in [0.2, 0.25) is 0 Å². The zero-order valence-corrected chi connectivity index (χ0v) is 12.0. The lowest BCUT2D eigenvalue weighted by atomic mass is 10.1. The lowest BCUT2D eigenvalue weighted by molar-refractivity contribution is 0.305. The second-order valence-electron chi connectivity index (χ2n) is 5.39. The predicted octanol–water partition coefficient (Wildman–Crippen LogP) is 2.79. The standard InChI is InChI=1S/C17H22FNO/c1-2-14-8-9-19(12-14)13-15-6-7-17(18)16(11-15)5-3-4-10-20/h6-7,11,14,20H,2,4,8-10,12-13H2,1H3. The van der Waals surface area contributed by atoms with Crippen LogP contribution in [0.4, 0.5) is 4.39 Å². The molecule has 1 aromatic carbocycles. The highest BCUT2D eigenvalue weighted by molar-refractivity contribution is 5.38. The molecule has 1 unspecified atom stereocenters. The van der Waals surface area contributed by atoms with Crippen LogP contribution in [0.15, 0.2) is 18.2 Å². The van der Waals surface area contributed by atoms with E-state index in [1.165, 1.54) is 18.9 Å². The Morgan fingerprint density at radius 2 is 2.30 bits per heavy atom. The van der Waals surface area contributed by atoms with Crippen molar-refractivity contribution in [2.75, 3.05) is 19.7 Å². The Bertz CT molecular complexity index is 503. The Morgan fingerprint density at radius 3 is 3.00 bits per heavy atom. The van der Waals surface area contributed by atoms with E-state index in [1.54, 1.807) is 0 Å². The minimum atomic E-state index is -0.285. The van der Waals surface area contributed by atoms with Crippen molar-refractivity contribution >= 4 is 0 Å². The van der Waals surface area contributed by atoms with Crippen molar-refractivity contribution in [3.05, 3.63) is 35.1 Å². The molecule has 0 aliphatic carbocycles. The SMILES string of the molecule is CCC1CCN(Cc2ccc(F)c(C#CCCO)c2)C1. The number of halogens is 1. The summed E-state index contributed by atoms with van der Waals surface area (Å²) in [5.74, 6) is 6.09. The molecule has 2 rings (SSSR count). The van der Waals surface area contributed by atoms with E-state index >= 15 is 0 Å². The van der Waals surface area contributed by atoms with Crippen LogP contribution in [0.5, 0.6) is 0 Å². The molecule has 0 aromatic heterocycles. The molecule has 1 saturated heterocycles. The van der Waals surface area contributed by atoms with Gasteiger partial charge in [0.05, 0.1) is 12.2 Å². The van der Waals surface area contributed by atoms with Gasteiger partial charge in [0.1, 0.15) is 5.82 Å². The van der Waals surface area contributed by atoms with Gasteiger partial charge in [0.15, 0.2) is 0 Å². The van der Waals surface area contributed by atoms with Crippen molar-refractivity contribution in [1.29, 1.82) is 0 Å². The zero-order chi connectivity index (χ0) is 14.4. The molecular formula is C17H22FNO. The van der Waals surface area contributed by atoms with E-state index < -0.39 is 0 Å². The van der Waals surface area contributed by atoms with E-state index in [0.717, 1.165) is 31.1 Å². The van der Waals surface area contributed by atoms with E-state index in [-0.39, 0.29) is 12.4 Å². The molecule has 0 saturated carbocycles. The summed E-state index contributed by atoms with van der Waals surface area (Å²) in [4.78, 5) is 2.42. The molecule has 0 radical (unpaired) electrons. The first kappa shape index (κ1) is 15.0. The maximum atomic E-state index is 13.6. The molecule has 0 amide bonds. The van der Waals surface area contributed by atoms with Gasteiger partial charge in [-0.3, -0.25) is 4.90 Å². The van der Waals surface area contributed by atoms with Crippen LogP contribution in [0.25, 0.3) is 0 Å². The lowest BCUT2D eigenvalue weighted by Gasteiger charge is -2.16. The molecule has 1 N–H and O–H groups in total. The van der Waals surface area contributed by atoms with Crippen molar-refractivity contribution in [2.45, 2.75) is 32.7 Å². The van der Waals surface area contributed by atoms with Crippen LogP contribution < -0.4 is 0 Å². The third-order valence-electron chi connectivity index (χ3n) is 3.84. The summed E-state index contributed by atoms with van der Waals surface area (Å²) < 4.78 is 13.6. The van der Waals surface area contributed by atoms with E-state index in [4.69, 9.17) is 5.11 Å². The van der Waals surface area contributed by atoms with Crippen molar-refractivity contribution < 1.29 is 9.50 Å². The van der Waals surface area contributed by atoms with Crippen molar-refractivity contribution in [3.63, 3.8) is 0 Å². The van der Waals surface area contributed by atoms with Crippen LogP contribution in [0.1, 0.15) is 37.3 Å². The highest BCUT2D eigenvalue weighted by atomic mass is 19.1. The van der Waals surface area contributed by atoms with E-state index in [2.05, 4.69) is 23.7 Å². The smallest absolute Gasteiger partial charge is 0.138 e. The van der Waals surface area contributed by atoms with Gasteiger partial charge >= 0.3 is 0 Å². The lowest BCUT2D eigenvalue weighted by Crippen LogP contribution is -2.20. The maximum Gasteiger partial charge on any atom is 0.138 e. The minimum Gasteiger partial charge on any atom is -0.395 e. The summed E-state index contributed by atoms with van der Waals surface area (Å²) in [5, 5.41) is 8.70. The van der Waals surface area contributed by atoms with Gasteiger partial charge in [0, 0.05) is 19.5 Å². The highest BCUT2D eigenvalue weighted by Gasteiger charge is 2.20. The predicted molar refractivity (Wildman–Crippen MR) is 78.7 cm³/mol. The summed E-state index contributed by atoms with van der Waals surface area (Å²) in [6.45, 7) is 5.38. The van der Waals surface area contributed by atoms with Crippen molar-refractivity contribution in [3.8, 4) is 11.8 Å². The monoisotopic (exact) mass is 275 g/mol. The first-order valence-electron chi connectivity index (χ1n) is 7.33. The van der Waals surface area contributed by atoms with Crippen LogP contribution in [0.2, 0.25) is 0 Å². The zero-order valence-electron chi connectivity index (χ0n) is 12.0. The van der Waals surface area contributed by atoms with Crippen LogP contribution in [0.3, 0.4) is 0 Å². The fourth-order valence-corrected chi connectivity index (χ4v) is 2.63. The summed E-state index contributed by atoms with van der Waals surface area (Å²) in [7, 11) is 0. The second kappa shape index (κ2) is 7.42. The number of aliphatic hydroxyl groups is 1. The van der Waals surface area contributed by atoms with Gasteiger partial charge < -0.3 is 5.11 Å². The summed E-state index contributed by atoms with van der Waals surface area (Å²) in [5.41, 5.74) is 1.54. The maximum absolute atomic E-state index is 13.6. The van der Waals surface area contributed by atoms with Gasteiger partial charge in [-0.25, -0.2) is 4.39 Å². The first-order valence-corrected chi connectivity index (χ1v) is 7.33. The fourth-order valence-electron chi connectivity index (χ4n) is 2.63. The summed E-state index contributed by atoms with van der Waals surface area (Å²) in [6.07, 6.45) is 2.88. The quantitative estimate of drug-likeness (QED) is 0.854. The Labute approximate surface area is 120 Å². The average Bonchev–Trinajstić information content (AvgIpc) is 2.90. The molecular weight excluding hydrogens is 253 g/mol. The normalized spacial score (nSPS) is 18.9. The molecule has 1 fully saturated rings. The molecule has 1 aliphatic rings. The molecule has 1 heterocycles. The molecule has 2 nitrogen and oxygen atoms in total. The molecule has 0 bridgehead atoms. The molecule has 1 aliphatic heterocycles. The van der Waals surface area contributed by atoms with E-state index in [1.807, 2.05) is 12.1 Å². The second-order valence-corrected chi connectivity index (χ2v) is 5.39. The molecule has 1 aromatic rings. The minimum absolute atomic E-state index is 0.0144. The number of aliphatic hydroxyl groups excluding tert-OH is 1. The summed E-state index contributed by atoms with van der Waals surface area (Å²) in [6, 6.07) is 5.16. The van der Waals surface area contributed by atoms with E-state index in [0.29, 0.717) is 12.0 Å². The van der Waals surface area contributed by atoms with Gasteiger partial charge in [0.25, 0.3) is 0 Å². The van der Waals surface area contributed by atoms with Gasteiger partial charge in [-0.15, -0.1) is 0 Å². The number of benzene rings is 1. The molecule has 0 spiro atoms. The third-order valence-corrected chi connectivity index (χ3v) is 3.84. The van der Waals surface area contributed by atoms with Crippen molar-refractivity contribution in [2.24, 2.45) is 5.92 Å². The van der Waals surface area contributed by atoms with Crippen LogP contribution >= 0.6 is 0 Å². The Kier molecular flexibility index (Phi) is 5.58. The Morgan fingerprint density at radius 1 is 1.45 bits per heavy atom. The summed E-state index contributed by atoms with van der Waals surface area (Å²) >= 11 is 0. The molecule has 1 atom stereocenters. The number of hydrogen-bond donors (Lipinski definition) is 1. The first-order chi connectivity index (χ1) is 9.72. The fraction of sp³-hybridized carbons (Fsp3) is 0.529. The number of hydrogen-bond acceptors (Lipinski definition) is 2. The Balaban J connectivity index is 2.02. The van der Waals surface area contributed by atoms with Crippen LogP contribution in [-0.4, -0.2) is 29.7 Å². The highest BCUT2D eigenvalue weighted by Crippen LogP contribution is 2.21. The number of likely N-dealkylation sites (tertiary alicyclic amines) is 1. The largest absolute Gasteiger partial charge is 0.395 e. The number of nitrogens with zero attached hydrogens (tertiary/aromatic N) is 1. The number of rotatable bonds is 4. The molecule has 3 heteroatoms. The Hall–Kier alpha value is -1.37. The van der Waals surface area contributed by atoms with Crippen molar-refractivity contribution in [1.82, 2.24) is 4.90 Å². The topological polar surface area (TPSA) is 23.5 Å².